The fraction of sp³-hybridized carbons (Fsp3) is 1.00. The lowest BCUT2D eigenvalue weighted by atomic mass is 10.3. The van der Waals surface area contributed by atoms with Gasteiger partial charge in [0.15, 0.2) is 0 Å². The highest BCUT2D eigenvalue weighted by Gasteiger charge is 1.71. The van der Waals surface area contributed by atoms with Crippen molar-refractivity contribution < 1.29 is 5.02 Å². The standard InChI is InChI=1S/C2H7BNO/c1-2-4-3-5/h4-5H,2H2,1H3. The van der Waals surface area contributed by atoms with Crippen LogP contribution in [0.25, 0.3) is 0 Å². The Morgan fingerprint density at radius 1 is 2.00 bits per heavy atom. The molecule has 0 unspecified atom stereocenters. The summed E-state index contributed by atoms with van der Waals surface area (Å²) in [5, 5.41) is 10.4. The van der Waals surface area contributed by atoms with Gasteiger partial charge in [0, 0.05) is 0 Å². The third kappa shape index (κ3) is 3.98. The topological polar surface area (TPSA) is 32.3 Å². The minimum atomic E-state index is 0.788. The van der Waals surface area contributed by atoms with Crippen molar-refractivity contribution >= 4 is 7.62 Å². The van der Waals surface area contributed by atoms with Crippen LogP contribution in [0, 0.1) is 0 Å². The SMILES string of the molecule is CCN[B]O. The summed E-state index contributed by atoms with van der Waals surface area (Å²) in [5.74, 6) is 0. The van der Waals surface area contributed by atoms with Crippen molar-refractivity contribution in [1.82, 2.24) is 5.23 Å². The summed E-state index contributed by atoms with van der Waals surface area (Å²) >= 11 is 0. The van der Waals surface area contributed by atoms with Crippen molar-refractivity contribution in [2.45, 2.75) is 6.92 Å². The molecule has 2 nitrogen and oxygen atoms in total. The second kappa shape index (κ2) is 3.98. The summed E-state index contributed by atoms with van der Waals surface area (Å²) in [4.78, 5) is 0. The molecule has 0 spiro atoms. The molecule has 0 aromatic heterocycles. The highest BCUT2D eigenvalue weighted by molar-refractivity contribution is 6.21. The van der Waals surface area contributed by atoms with E-state index in [0.717, 1.165) is 14.2 Å². The molecule has 0 rings (SSSR count). The molecule has 0 bridgehead atoms. The first-order valence-corrected chi connectivity index (χ1v) is 1.61. The zero-order valence-electron chi connectivity index (χ0n) is 3.23. The van der Waals surface area contributed by atoms with Crippen LogP contribution in [0.5, 0.6) is 0 Å². The largest absolute Gasteiger partial charge is 0.440 e. The molecule has 29 valence electrons. The first-order chi connectivity index (χ1) is 2.41. The Balaban J connectivity index is 2.19. The van der Waals surface area contributed by atoms with Crippen LogP contribution in [0.4, 0.5) is 0 Å². The van der Waals surface area contributed by atoms with Gasteiger partial charge in [-0.3, -0.25) is 0 Å². The van der Waals surface area contributed by atoms with E-state index in [2.05, 4.69) is 5.23 Å². The monoisotopic (exact) mass is 72.1 g/mol. The Labute approximate surface area is 32.5 Å². The highest BCUT2D eigenvalue weighted by Crippen LogP contribution is 1.40. The molecule has 0 amide bonds. The van der Waals surface area contributed by atoms with Crippen molar-refractivity contribution in [1.29, 1.82) is 0 Å². The number of rotatable bonds is 2. The molecule has 2 N–H and O–H groups in total. The molecule has 0 aliphatic rings. The molecular formula is C2H7BNO. The fourth-order valence-corrected chi connectivity index (χ4v) is 0.0913. The molecule has 0 aliphatic heterocycles. The Hall–Kier alpha value is -0.0151. The van der Waals surface area contributed by atoms with Crippen LogP contribution in [0.1, 0.15) is 6.92 Å². The molecule has 0 aliphatic carbocycles. The first-order valence-electron chi connectivity index (χ1n) is 1.61. The first kappa shape index (κ1) is 4.98. The molecule has 0 saturated heterocycles. The Morgan fingerprint density at radius 2 is 2.60 bits per heavy atom. The molecule has 1 radical (unpaired) electrons. The molecule has 0 fully saturated rings. The second-order valence-corrected chi connectivity index (χ2v) is 0.687. The fourth-order valence-electron chi connectivity index (χ4n) is 0.0913. The zero-order valence-corrected chi connectivity index (χ0v) is 3.23. The third-order valence-corrected chi connectivity index (χ3v) is 0.295. The van der Waals surface area contributed by atoms with Gasteiger partial charge in [-0.25, -0.2) is 0 Å². The van der Waals surface area contributed by atoms with Crippen molar-refractivity contribution in [3.8, 4) is 0 Å². The third-order valence-electron chi connectivity index (χ3n) is 0.295. The van der Waals surface area contributed by atoms with Gasteiger partial charge in [0.05, 0.1) is 0 Å². The van der Waals surface area contributed by atoms with E-state index < -0.39 is 0 Å². The van der Waals surface area contributed by atoms with Gasteiger partial charge in [-0.1, -0.05) is 6.92 Å². The summed E-state index contributed by atoms with van der Waals surface area (Å²) in [7, 11) is 0.931. The van der Waals surface area contributed by atoms with Gasteiger partial charge in [-0.05, 0) is 6.54 Å². The molecule has 5 heavy (non-hydrogen) atoms. The van der Waals surface area contributed by atoms with Gasteiger partial charge in [0.1, 0.15) is 0 Å². The van der Waals surface area contributed by atoms with Crippen molar-refractivity contribution in [3.63, 3.8) is 0 Å². The lowest BCUT2D eigenvalue weighted by molar-refractivity contribution is 0.583. The average Bonchev–Trinajstić information content (AvgIpc) is 1.41. The van der Waals surface area contributed by atoms with Crippen molar-refractivity contribution in [2.75, 3.05) is 6.54 Å². The van der Waals surface area contributed by atoms with E-state index >= 15 is 0 Å². The highest BCUT2D eigenvalue weighted by atomic mass is 16.2. The lowest BCUT2D eigenvalue weighted by Gasteiger charge is -1.82. The quantitative estimate of drug-likeness (QED) is 0.415. The van der Waals surface area contributed by atoms with Crippen LogP contribution in [0.2, 0.25) is 0 Å². The molecule has 3 heteroatoms. The van der Waals surface area contributed by atoms with E-state index in [-0.39, 0.29) is 0 Å². The van der Waals surface area contributed by atoms with Crippen LogP contribution in [-0.2, 0) is 0 Å². The van der Waals surface area contributed by atoms with Crippen LogP contribution >= 0.6 is 0 Å². The molecule has 0 saturated carbocycles. The van der Waals surface area contributed by atoms with Gasteiger partial charge in [-0.2, -0.15) is 0 Å². The van der Waals surface area contributed by atoms with Gasteiger partial charge in [-0.15, -0.1) is 0 Å². The summed E-state index contributed by atoms with van der Waals surface area (Å²) in [6.07, 6.45) is 0. The van der Waals surface area contributed by atoms with E-state index in [4.69, 9.17) is 5.02 Å². The summed E-state index contributed by atoms with van der Waals surface area (Å²) < 4.78 is 0. The average molecular weight is 71.9 g/mol. The van der Waals surface area contributed by atoms with Crippen molar-refractivity contribution in [2.24, 2.45) is 0 Å². The van der Waals surface area contributed by atoms with Gasteiger partial charge >= 0.3 is 7.62 Å². The maximum atomic E-state index is 7.83. The van der Waals surface area contributed by atoms with E-state index in [1.54, 1.807) is 0 Å². The zero-order chi connectivity index (χ0) is 4.12. The number of nitrogens with one attached hydrogen (secondary N) is 1. The maximum absolute atomic E-state index is 7.83. The minimum absolute atomic E-state index is 0.788. The predicted molar refractivity (Wildman–Crippen MR) is 21.6 cm³/mol. The van der Waals surface area contributed by atoms with Crippen LogP contribution in [-0.4, -0.2) is 19.2 Å². The van der Waals surface area contributed by atoms with Crippen molar-refractivity contribution in [3.05, 3.63) is 0 Å². The smallest absolute Gasteiger partial charge is 0.392 e. The number of hydrogen-bond acceptors (Lipinski definition) is 2. The van der Waals surface area contributed by atoms with Crippen LogP contribution < -0.4 is 5.23 Å². The van der Waals surface area contributed by atoms with E-state index in [0.29, 0.717) is 0 Å². The summed E-state index contributed by atoms with van der Waals surface area (Å²) in [5.41, 5.74) is 0. The maximum Gasteiger partial charge on any atom is 0.392 e. The van der Waals surface area contributed by atoms with Crippen LogP contribution in [0.15, 0.2) is 0 Å². The van der Waals surface area contributed by atoms with Gasteiger partial charge in [0.2, 0.25) is 0 Å². The normalized spacial score (nSPS) is 7.60. The van der Waals surface area contributed by atoms with Crippen LogP contribution in [0.3, 0.4) is 0 Å². The summed E-state index contributed by atoms with van der Waals surface area (Å²) in [6.45, 7) is 2.70. The summed E-state index contributed by atoms with van der Waals surface area (Å²) in [6, 6.07) is 0. The Morgan fingerprint density at radius 3 is 2.60 bits per heavy atom. The Bertz CT molecular complexity index is 17.1. The minimum Gasteiger partial charge on any atom is -0.440 e. The van der Waals surface area contributed by atoms with Gasteiger partial charge in [0.25, 0.3) is 0 Å². The Kier molecular flexibility index (Phi) is 3.97. The van der Waals surface area contributed by atoms with E-state index in [1.165, 1.54) is 0 Å². The van der Waals surface area contributed by atoms with E-state index in [9.17, 15) is 0 Å². The lowest BCUT2D eigenvalue weighted by Crippen LogP contribution is -2.16. The molecule has 0 aromatic rings. The van der Waals surface area contributed by atoms with E-state index in [1.807, 2.05) is 6.92 Å². The second-order valence-electron chi connectivity index (χ2n) is 0.687. The molecular weight excluding hydrogens is 64.8 g/mol. The molecule has 0 atom stereocenters. The predicted octanol–water partition coefficient (Wildman–Crippen LogP) is -0.878. The van der Waals surface area contributed by atoms with Gasteiger partial charge < -0.3 is 10.3 Å². The molecule has 0 heterocycles. The molecule has 0 aromatic carbocycles. The number of hydrogen-bond donors (Lipinski definition) is 2.